The van der Waals surface area contributed by atoms with Gasteiger partial charge in [0.05, 0.1) is 63.8 Å². The predicted molar refractivity (Wildman–Crippen MR) is 240 cm³/mol. The monoisotopic (exact) mass is 960 g/mol. The number of nitro groups is 1. The van der Waals surface area contributed by atoms with Gasteiger partial charge in [-0.25, -0.2) is 15.3 Å². The van der Waals surface area contributed by atoms with E-state index >= 15 is 0 Å². The van der Waals surface area contributed by atoms with Gasteiger partial charge < -0.3 is 26.6 Å². The average molecular weight is 961 g/mol. The lowest BCUT2D eigenvalue weighted by molar-refractivity contribution is -0.432. The first kappa shape index (κ1) is 48.0. The zero-order chi connectivity index (χ0) is 47.5. The highest BCUT2D eigenvalue weighted by molar-refractivity contribution is 7.95. The second-order valence-corrected chi connectivity index (χ2v) is 16.0. The number of benzene rings is 6. The summed E-state index contributed by atoms with van der Waals surface area (Å²) in [5.74, 6) is -0.116. The largest absolute Gasteiger partial charge is 0.505 e. The molecule has 0 saturated heterocycles. The lowest BCUT2D eigenvalue weighted by Gasteiger charge is -2.10. The summed E-state index contributed by atoms with van der Waals surface area (Å²) in [5, 5.41) is 76.7. The molecule has 24 nitrogen and oxygen atoms in total. The highest BCUT2D eigenvalue weighted by atomic mass is 32.2. The van der Waals surface area contributed by atoms with Crippen LogP contribution in [-0.2, 0) is 28.9 Å². The van der Waals surface area contributed by atoms with Crippen molar-refractivity contribution in [3.63, 3.8) is 0 Å². The van der Waals surface area contributed by atoms with Crippen LogP contribution in [0.25, 0.3) is 22.9 Å². The van der Waals surface area contributed by atoms with Crippen LogP contribution in [0.3, 0.4) is 0 Å². The van der Waals surface area contributed by atoms with Gasteiger partial charge in [-0.05, 0) is 95.7 Å². The summed E-state index contributed by atoms with van der Waals surface area (Å²) in [7, 11) is -3.46. The second kappa shape index (κ2) is 21.5. The number of aryl methyl sites for hydroxylation is 1. The summed E-state index contributed by atoms with van der Waals surface area (Å²) in [6.07, 6.45) is 2.71. The smallest absolute Gasteiger partial charge is 0.316 e. The van der Waals surface area contributed by atoms with Crippen molar-refractivity contribution in [1.29, 1.82) is 0 Å². The van der Waals surface area contributed by atoms with Crippen molar-refractivity contribution in [2.24, 2.45) is 36.4 Å². The number of methoxy groups -OCH3 is 1. The number of nitrogen functional groups attached to an aromatic ring is 1. The molecule has 0 atom stereocenters. The number of non-ortho nitro benzene ring substituents is 1. The van der Waals surface area contributed by atoms with Gasteiger partial charge in [-0.1, -0.05) is 28.3 Å². The molecular weight excluding hydrogens is 929 g/mol. The van der Waals surface area contributed by atoms with Crippen LogP contribution < -0.4 is 21.5 Å². The molecule has 0 saturated carbocycles. The number of azo groups is 3. The maximum atomic E-state index is 12.0. The fraction of sp³-hybridized carbons (Fsp3) is 0.0513. The Kier molecular flexibility index (Phi) is 15.6. The van der Waals surface area contributed by atoms with Crippen LogP contribution >= 0.6 is 24.1 Å². The van der Waals surface area contributed by atoms with Gasteiger partial charge >= 0.3 is 6.03 Å². The van der Waals surface area contributed by atoms with E-state index in [4.69, 9.17) is 26.7 Å². The Labute approximate surface area is 380 Å². The highest BCUT2D eigenvalue weighted by Gasteiger charge is 2.20. The number of fused-ring (bicyclic) bond motifs is 1. The van der Waals surface area contributed by atoms with Gasteiger partial charge in [-0.2, -0.15) is 23.8 Å². The Bertz CT molecular complexity index is 3080. The number of urea groups is 1. The number of carbonyl (C=O) groups excluding carboxylic acids is 1. The van der Waals surface area contributed by atoms with Crippen LogP contribution in [0, 0.1) is 17.0 Å². The third-order valence-corrected chi connectivity index (χ3v) is 11.0. The Morgan fingerprint density at radius 2 is 1.44 bits per heavy atom. The molecule has 340 valence electrons. The quantitative estimate of drug-likeness (QED) is 0.00615. The summed E-state index contributed by atoms with van der Waals surface area (Å²) in [4.78, 5) is 21.6. The summed E-state index contributed by atoms with van der Waals surface area (Å²) < 4.78 is 48.5. The molecule has 6 aromatic carbocycles. The molecule has 6 rings (SSSR count). The van der Waals surface area contributed by atoms with Crippen molar-refractivity contribution < 1.29 is 61.8 Å². The first-order valence-electron chi connectivity index (χ1n) is 18.2. The van der Waals surface area contributed by atoms with Crippen molar-refractivity contribution in [2.45, 2.75) is 21.6 Å². The molecule has 0 radical (unpaired) electrons. The molecular formula is C39H32N10O14S3. The predicted octanol–water partition coefficient (Wildman–Crippen LogP) is 11.4. The first-order chi connectivity index (χ1) is 31.6. The molecule has 0 spiro atoms. The molecule has 0 bridgehead atoms. The maximum absolute atomic E-state index is 12.0. The fourth-order valence-electron chi connectivity index (χ4n) is 5.85. The molecule has 0 fully saturated rings. The van der Waals surface area contributed by atoms with Gasteiger partial charge in [-0.3, -0.25) is 14.7 Å². The summed E-state index contributed by atoms with van der Waals surface area (Å²) in [5.41, 5.74) is 13.4. The molecule has 6 aromatic rings. The number of nitro benzene ring substituents is 1. The van der Waals surface area contributed by atoms with Crippen molar-refractivity contribution in [1.82, 2.24) is 0 Å². The van der Waals surface area contributed by atoms with Crippen LogP contribution in [0.1, 0.15) is 16.7 Å². The molecule has 27 heteroatoms. The van der Waals surface area contributed by atoms with Crippen LogP contribution in [0.4, 0.5) is 56.0 Å². The minimum Gasteiger partial charge on any atom is -0.505 e. The lowest BCUT2D eigenvalue weighted by Crippen LogP contribution is -2.19. The van der Waals surface area contributed by atoms with Gasteiger partial charge in [-0.15, -0.1) is 24.0 Å². The lowest BCUT2D eigenvalue weighted by atomic mass is 10.1. The number of nitrogens with one attached hydrogen (secondary N) is 1. The number of nitrogens with zero attached hydrogens (tertiary/aromatic N) is 7. The maximum Gasteiger partial charge on any atom is 0.316 e. The first-order valence-corrected chi connectivity index (χ1v) is 21.1. The van der Waals surface area contributed by atoms with Gasteiger partial charge in [0.25, 0.3) is 15.8 Å². The SMILES string of the molecule is COc1cc(N=Nc2ccc(/C=C/c3ccc([N+](=O)[O-])cc3S(=O)(=O)O)c(SOOO)c2)c(C)cc1N=Nc1c(SOOO)cc2cc(N=Nc3ccc(N)cc3NC(N)=O)ccc2c1O. The number of rotatable bonds is 18. The van der Waals surface area contributed by atoms with Crippen LogP contribution in [-0.4, -0.2) is 46.7 Å². The van der Waals surface area contributed by atoms with Gasteiger partial charge in [0, 0.05) is 34.2 Å². The third-order valence-electron chi connectivity index (χ3n) is 8.85. The van der Waals surface area contributed by atoms with E-state index in [2.05, 4.69) is 54.7 Å². The number of ether oxygens (including phenoxy) is 1. The minimum atomic E-state index is -4.84. The number of phenolic OH excluding ortho intramolecular Hbond substituents is 1. The molecule has 0 aliphatic rings. The molecule has 66 heavy (non-hydrogen) atoms. The van der Waals surface area contributed by atoms with Gasteiger partial charge in [0.2, 0.25) is 0 Å². The van der Waals surface area contributed by atoms with Gasteiger partial charge in [0.15, 0.2) is 5.75 Å². The van der Waals surface area contributed by atoms with Gasteiger partial charge in [0.1, 0.15) is 27.7 Å². The minimum absolute atomic E-state index is 0.0587. The molecule has 0 aliphatic heterocycles. The number of carbonyl (C=O) groups is 1. The average Bonchev–Trinajstić information content (AvgIpc) is 3.28. The normalized spacial score (nSPS) is 12.0. The summed E-state index contributed by atoms with van der Waals surface area (Å²) >= 11 is 1.08. The summed E-state index contributed by atoms with van der Waals surface area (Å²) in [6, 6.07) is 20.7. The van der Waals surface area contributed by atoms with Crippen molar-refractivity contribution in [2.75, 3.05) is 18.2 Å². The van der Waals surface area contributed by atoms with Crippen LogP contribution in [0.15, 0.2) is 136 Å². The Balaban J connectivity index is 1.27. The molecule has 9 N–H and O–H groups in total. The molecule has 0 heterocycles. The van der Waals surface area contributed by atoms with Crippen LogP contribution in [0.5, 0.6) is 11.5 Å². The Hall–Kier alpha value is -7.44. The number of anilines is 2. The van der Waals surface area contributed by atoms with E-state index in [1.54, 1.807) is 61.5 Å². The molecule has 2 amide bonds. The topological polar surface area (TPSA) is 360 Å². The Morgan fingerprint density at radius 1 is 0.788 bits per heavy atom. The fourth-order valence-corrected chi connectivity index (χ4v) is 7.55. The third kappa shape index (κ3) is 12.0. The van der Waals surface area contributed by atoms with Crippen molar-refractivity contribution >= 4 is 114 Å². The van der Waals surface area contributed by atoms with Crippen LogP contribution in [0.2, 0.25) is 0 Å². The number of hydrogen-bond acceptors (Lipinski definition) is 22. The van der Waals surface area contributed by atoms with E-state index in [1.807, 2.05) is 0 Å². The number of amides is 2. The standard InChI is InChI=1S/C39H32N10O14S3/c1-20-13-32(47-48-37-35(65-63-61-55)15-23-14-25(9-11-28(23)38(37)50)43-45-29-12-7-24(40)16-31(29)42-39(41)51)33(59-2)19-30(20)46-44-26-8-5-21(34(17-26)64-62-60-54)3-4-22-6-10-27(49(52)53)18-36(22)66(56,57)58/h3-19,50,54-55H,40H2,1-2H3,(H3,41,42,51)(H,56,57,58)/b4-3+,45-43?,46-44?,48-47?. The molecule has 0 unspecified atom stereocenters. The van der Waals surface area contributed by atoms with Crippen molar-refractivity contribution in [3.05, 3.63) is 118 Å². The Morgan fingerprint density at radius 3 is 2.12 bits per heavy atom. The van der Waals surface area contributed by atoms with E-state index in [0.29, 0.717) is 63.0 Å². The zero-order valence-corrected chi connectivity index (χ0v) is 36.1. The molecule has 0 aromatic heterocycles. The van der Waals surface area contributed by atoms with E-state index in [1.165, 1.54) is 37.5 Å². The number of hydrogen-bond donors (Lipinski definition) is 7. The van der Waals surface area contributed by atoms with Crippen molar-refractivity contribution in [3.8, 4) is 11.5 Å². The van der Waals surface area contributed by atoms with E-state index in [-0.39, 0.29) is 55.3 Å². The number of primary amides is 1. The van der Waals surface area contributed by atoms with E-state index in [0.717, 1.165) is 18.2 Å². The number of phenols is 1. The second-order valence-electron chi connectivity index (χ2n) is 13.1. The summed E-state index contributed by atoms with van der Waals surface area (Å²) in [6.45, 7) is 1.71. The molecule has 0 aliphatic carbocycles. The number of aromatic hydroxyl groups is 1. The highest BCUT2D eigenvalue weighted by Crippen LogP contribution is 2.46. The van der Waals surface area contributed by atoms with E-state index in [9.17, 15) is 33.0 Å². The van der Waals surface area contributed by atoms with E-state index < -0.39 is 31.7 Å². The number of nitrogens with two attached hydrogens (primary N) is 2. The zero-order valence-electron chi connectivity index (χ0n) is 33.7.